The average molecular weight is 302 g/mol. The standard InChI is InChI=1S/C16H18N2O2S/c1-20-14-5-2-12(3-6-14)16(8-9-16)18-15(19)7-4-13-10-21-11-17-13/h2-3,5-6,10-11H,4,7-9H2,1H3,(H,18,19). The summed E-state index contributed by atoms with van der Waals surface area (Å²) in [6, 6.07) is 7.95. The molecule has 0 aliphatic heterocycles. The zero-order valence-electron chi connectivity index (χ0n) is 12.0. The summed E-state index contributed by atoms with van der Waals surface area (Å²) in [6.07, 6.45) is 3.19. The van der Waals surface area contributed by atoms with Gasteiger partial charge in [0.15, 0.2) is 0 Å². The van der Waals surface area contributed by atoms with E-state index < -0.39 is 0 Å². The van der Waals surface area contributed by atoms with Gasteiger partial charge in [0.25, 0.3) is 0 Å². The first-order valence-electron chi connectivity index (χ1n) is 7.04. The minimum atomic E-state index is -0.161. The lowest BCUT2D eigenvalue weighted by molar-refractivity contribution is -0.122. The SMILES string of the molecule is COc1ccc(C2(NC(=O)CCc3cscn3)CC2)cc1. The second-order valence-electron chi connectivity index (χ2n) is 5.34. The predicted molar refractivity (Wildman–Crippen MR) is 82.5 cm³/mol. The smallest absolute Gasteiger partial charge is 0.221 e. The number of aromatic nitrogens is 1. The maximum absolute atomic E-state index is 12.1. The lowest BCUT2D eigenvalue weighted by atomic mass is 10.0. The van der Waals surface area contributed by atoms with Gasteiger partial charge in [0.2, 0.25) is 5.91 Å². The Hall–Kier alpha value is -1.88. The molecule has 4 nitrogen and oxygen atoms in total. The van der Waals surface area contributed by atoms with E-state index >= 15 is 0 Å². The van der Waals surface area contributed by atoms with E-state index in [4.69, 9.17) is 4.74 Å². The molecule has 3 rings (SSSR count). The van der Waals surface area contributed by atoms with Gasteiger partial charge in [0, 0.05) is 11.8 Å². The van der Waals surface area contributed by atoms with Crippen LogP contribution in [0.3, 0.4) is 0 Å². The number of carbonyl (C=O) groups excluding carboxylic acids is 1. The summed E-state index contributed by atoms with van der Waals surface area (Å²) in [5.74, 6) is 0.931. The average Bonchev–Trinajstić information content (AvgIpc) is 3.10. The van der Waals surface area contributed by atoms with Crippen LogP contribution in [0.4, 0.5) is 0 Å². The largest absolute Gasteiger partial charge is 0.497 e. The first kappa shape index (κ1) is 14.1. The number of hydrogen-bond acceptors (Lipinski definition) is 4. The molecule has 1 aromatic heterocycles. The normalized spacial score (nSPS) is 15.5. The van der Waals surface area contributed by atoms with E-state index in [2.05, 4.69) is 10.3 Å². The van der Waals surface area contributed by atoms with Gasteiger partial charge < -0.3 is 10.1 Å². The van der Waals surface area contributed by atoms with Gasteiger partial charge in [-0.15, -0.1) is 11.3 Å². The van der Waals surface area contributed by atoms with Crippen LogP contribution >= 0.6 is 11.3 Å². The highest BCUT2D eigenvalue weighted by Crippen LogP contribution is 2.45. The lowest BCUT2D eigenvalue weighted by Crippen LogP contribution is -2.34. The van der Waals surface area contributed by atoms with Gasteiger partial charge in [-0.2, -0.15) is 0 Å². The number of hydrogen-bond donors (Lipinski definition) is 1. The second-order valence-corrected chi connectivity index (χ2v) is 6.06. The third-order valence-corrected chi connectivity index (χ3v) is 4.50. The van der Waals surface area contributed by atoms with Gasteiger partial charge in [-0.3, -0.25) is 4.79 Å². The van der Waals surface area contributed by atoms with Crippen molar-refractivity contribution in [3.05, 3.63) is 46.4 Å². The van der Waals surface area contributed by atoms with E-state index in [1.165, 1.54) is 0 Å². The Labute approximate surface area is 128 Å². The molecule has 1 aliphatic rings. The highest BCUT2D eigenvalue weighted by atomic mass is 32.1. The molecule has 1 amide bonds. The van der Waals surface area contributed by atoms with Gasteiger partial charge in [-0.05, 0) is 37.0 Å². The molecule has 0 atom stereocenters. The molecule has 21 heavy (non-hydrogen) atoms. The maximum atomic E-state index is 12.1. The molecule has 1 fully saturated rings. The molecule has 1 saturated carbocycles. The molecule has 0 saturated heterocycles. The Morgan fingerprint density at radius 3 is 2.71 bits per heavy atom. The van der Waals surface area contributed by atoms with E-state index in [1.807, 2.05) is 29.6 Å². The molecule has 0 spiro atoms. The van der Waals surface area contributed by atoms with Crippen molar-refractivity contribution in [3.63, 3.8) is 0 Å². The van der Waals surface area contributed by atoms with Crippen molar-refractivity contribution in [2.24, 2.45) is 0 Å². The summed E-state index contributed by atoms with van der Waals surface area (Å²) in [7, 11) is 1.65. The van der Waals surface area contributed by atoms with Crippen molar-refractivity contribution >= 4 is 17.2 Å². The maximum Gasteiger partial charge on any atom is 0.221 e. The predicted octanol–water partition coefficient (Wildman–Crippen LogP) is 2.89. The summed E-state index contributed by atoms with van der Waals surface area (Å²) in [5, 5.41) is 5.17. The number of benzene rings is 1. The van der Waals surface area contributed by atoms with E-state index in [-0.39, 0.29) is 11.4 Å². The quantitative estimate of drug-likeness (QED) is 0.892. The highest BCUT2D eigenvalue weighted by Gasteiger charge is 2.45. The van der Waals surface area contributed by atoms with Gasteiger partial charge in [-0.25, -0.2) is 4.98 Å². The van der Waals surface area contributed by atoms with Crippen LogP contribution in [0.15, 0.2) is 35.2 Å². The lowest BCUT2D eigenvalue weighted by Gasteiger charge is -2.18. The van der Waals surface area contributed by atoms with Crippen LogP contribution in [0, 0.1) is 0 Å². The number of nitrogens with one attached hydrogen (secondary N) is 1. The molecule has 5 heteroatoms. The third-order valence-electron chi connectivity index (χ3n) is 3.86. The monoisotopic (exact) mass is 302 g/mol. The summed E-state index contributed by atoms with van der Waals surface area (Å²) in [6.45, 7) is 0. The van der Waals surface area contributed by atoms with Gasteiger partial charge >= 0.3 is 0 Å². The third kappa shape index (κ3) is 3.24. The van der Waals surface area contributed by atoms with E-state index in [9.17, 15) is 4.79 Å². The zero-order chi connectivity index (χ0) is 14.7. The Bertz CT molecular complexity index is 604. The molecular formula is C16H18N2O2S. The molecule has 0 unspecified atom stereocenters. The fourth-order valence-electron chi connectivity index (χ4n) is 2.45. The molecule has 1 heterocycles. The summed E-state index contributed by atoms with van der Waals surface area (Å²) in [5.41, 5.74) is 3.79. The molecule has 1 aliphatic carbocycles. The molecule has 1 aromatic carbocycles. The van der Waals surface area contributed by atoms with Crippen molar-refractivity contribution in [3.8, 4) is 5.75 Å². The van der Waals surface area contributed by atoms with Crippen molar-refractivity contribution in [2.45, 2.75) is 31.2 Å². The summed E-state index contributed by atoms with van der Waals surface area (Å²) < 4.78 is 5.17. The number of methoxy groups -OCH3 is 1. The van der Waals surface area contributed by atoms with E-state index in [0.717, 1.165) is 29.8 Å². The Morgan fingerprint density at radius 2 is 2.14 bits per heavy atom. The number of nitrogens with zero attached hydrogens (tertiary/aromatic N) is 1. The van der Waals surface area contributed by atoms with Gasteiger partial charge in [0.05, 0.1) is 23.9 Å². The molecule has 0 radical (unpaired) electrons. The summed E-state index contributed by atoms with van der Waals surface area (Å²) in [4.78, 5) is 16.3. The minimum absolute atomic E-state index is 0.0938. The number of aryl methyl sites for hydroxylation is 1. The van der Waals surface area contributed by atoms with Crippen LogP contribution in [0.2, 0.25) is 0 Å². The first-order valence-corrected chi connectivity index (χ1v) is 7.99. The summed E-state index contributed by atoms with van der Waals surface area (Å²) >= 11 is 1.56. The molecule has 2 aromatic rings. The number of rotatable bonds is 6. The van der Waals surface area contributed by atoms with Crippen LogP contribution < -0.4 is 10.1 Å². The number of thiazole rings is 1. The van der Waals surface area contributed by atoms with Crippen LogP contribution in [0.5, 0.6) is 5.75 Å². The minimum Gasteiger partial charge on any atom is -0.497 e. The molecular weight excluding hydrogens is 284 g/mol. The molecule has 110 valence electrons. The first-order chi connectivity index (χ1) is 10.2. The van der Waals surface area contributed by atoms with Gasteiger partial charge in [-0.1, -0.05) is 12.1 Å². The fraction of sp³-hybridized carbons (Fsp3) is 0.375. The molecule has 1 N–H and O–H groups in total. The van der Waals surface area contributed by atoms with E-state index in [0.29, 0.717) is 12.8 Å². The number of amides is 1. The highest BCUT2D eigenvalue weighted by molar-refractivity contribution is 7.07. The number of carbonyl (C=O) groups is 1. The Morgan fingerprint density at radius 1 is 1.38 bits per heavy atom. The zero-order valence-corrected chi connectivity index (χ0v) is 12.8. The van der Waals surface area contributed by atoms with Crippen molar-refractivity contribution in [1.29, 1.82) is 0 Å². The molecule has 0 bridgehead atoms. The van der Waals surface area contributed by atoms with Crippen molar-refractivity contribution in [1.82, 2.24) is 10.3 Å². The van der Waals surface area contributed by atoms with Crippen LogP contribution in [0.1, 0.15) is 30.5 Å². The van der Waals surface area contributed by atoms with Crippen molar-refractivity contribution < 1.29 is 9.53 Å². The van der Waals surface area contributed by atoms with E-state index in [1.54, 1.807) is 24.0 Å². The van der Waals surface area contributed by atoms with Gasteiger partial charge in [0.1, 0.15) is 5.75 Å². The fourth-order valence-corrected chi connectivity index (χ4v) is 3.05. The Balaban J connectivity index is 1.59. The van der Waals surface area contributed by atoms with Crippen LogP contribution in [-0.2, 0) is 16.8 Å². The Kier molecular flexibility index (Phi) is 3.92. The topological polar surface area (TPSA) is 51.2 Å². The van der Waals surface area contributed by atoms with Crippen molar-refractivity contribution in [2.75, 3.05) is 7.11 Å². The van der Waals surface area contributed by atoms with Crippen LogP contribution in [0.25, 0.3) is 0 Å². The van der Waals surface area contributed by atoms with Crippen LogP contribution in [-0.4, -0.2) is 18.0 Å². The second kappa shape index (κ2) is 5.85. The number of ether oxygens (including phenoxy) is 1.